The summed E-state index contributed by atoms with van der Waals surface area (Å²) in [5.41, 5.74) is 2.59. The van der Waals surface area contributed by atoms with Crippen LogP contribution in [0.3, 0.4) is 0 Å². The van der Waals surface area contributed by atoms with E-state index in [1.165, 1.54) is 5.56 Å². The number of aromatic amines is 1. The highest BCUT2D eigenvalue weighted by Crippen LogP contribution is 2.23. The van der Waals surface area contributed by atoms with Crippen molar-refractivity contribution in [3.63, 3.8) is 0 Å². The van der Waals surface area contributed by atoms with Gasteiger partial charge >= 0.3 is 5.97 Å². The Morgan fingerprint density at radius 3 is 2.80 bits per heavy atom. The molecule has 4 nitrogen and oxygen atoms in total. The van der Waals surface area contributed by atoms with Crippen LogP contribution in [0.4, 0.5) is 0 Å². The molecule has 20 heavy (non-hydrogen) atoms. The van der Waals surface area contributed by atoms with Gasteiger partial charge in [0.1, 0.15) is 5.69 Å². The van der Waals surface area contributed by atoms with Crippen molar-refractivity contribution in [2.24, 2.45) is 0 Å². The zero-order chi connectivity index (χ0) is 14.5. The van der Waals surface area contributed by atoms with Gasteiger partial charge < -0.3 is 9.72 Å². The van der Waals surface area contributed by atoms with Crippen LogP contribution in [0, 0.1) is 0 Å². The van der Waals surface area contributed by atoms with Crippen LogP contribution in [0.5, 0.6) is 0 Å². The number of aldehydes is 1. The second-order valence-corrected chi connectivity index (χ2v) is 4.74. The molecule has 1 heterocycles. The van der Waals surface area contributed by atoms with E-state index in [0.29, 0.717) is 11.8 Å². The van der Waals surface area contributed by atoms with E-state index in [2.05, 4.69) is 11.9 Å². The zero-order valence-corrected chi connectivity index (χ0v) is 11.9. The largest absolute Gasteiger partial charge is 0.461 e. The van der Waals surface area contributed by atoms with E-state index >= 15 is 0 Å². The van der Waals surface area contributed by atoms with E-state index in [1.54, 1.807) is 6.92 Å². The molecule has 0 saturated carbocycles. The third-order valence-electron chi connectivity index (χ3n) is 3.32. The minimum absolute atomic E-state index is 0.240. The number of benzene rings is 1. The SMILES string of the molecule is CCCCc1ccc2[nH]c(C(=O)OCC)c(C=O)c2c1. The van der Waals surface area contributed by atoms with Crippen molar-refractivity contribution in [3.05, 3.63) is 35.0 Å². The molecule has 106 valence electrons. The Balaban J connectivity index is 2.46. The number of aromatic nitrogens is 1. The lowest BCUT2D eigenvalue weighted by Gasteiger charge is -2.00. The highest BCUT2D eigenvalue weighted by molar-refractivity contribution is 6.08. The Labute approximate surface area is 118 Å². The third kappa shape index (κ3) is 2.74. The van der Waals surface area contributed by atoms with Crippen LogP contribution in [0.1, 0.15) is 53.1 Å². The van der Waals surface area contributed by atoms with Crippen molar-refractivity contribution in [1.29, 1.82) is 0 Å². The average Bonchev–Trinajstić information content (AvgIpc) is 2.83. The van der Waals surface area contributed by atoms with E-state index in [9.17, 15) is 9.59 Å². The number of H-pyrrole nitrogens is 1. The number of carbonyl (C=O) groups excluding carboxylic acids is 2. The number of hydrogen-bond donors (Lipinski definition) is 1. The summed E-state index contributed by atoms with van der Waals surface area (Å²) in [4.78, 5) is 26.1. The van der Waals surface area contributed by atoms with Crippen LogP contribution in [0.15, 0.2) is 18.2 Å². The van der Waals surface area contributed by atoms with Crippen LogP contribution >= 0.6 is 0 Å². The van der Waals surface area contributed by atoms with Crippen molar-refractivity contribution >= 4 is 23.2 Å². The maximum absolute atomic E-state index is 11.8. The highest BCUT2D eigenvalue weighted by Gasteiger charge is 2.18. The summed E-state index contributed by atoms with van der Waals surface area (Å²) in [7, 11) is 0. The molecule has 0 spiro atoms. The summed E-state index contributed by atoms with van der Waals surface area (Å²) in [6, 6.07) is 5.92. The van der Waals surface area contributed by atoms with Crippen LogP contribution < -0.4 is 0 Å². The summed E-state index contributed by atoms with van der Waals surface area (Å²) in [5, 5.41) is 0.789. The number of unbranched alkanes of at least 4 members (excludes halogenated alkanes) is 1. The second kappa shape index (κ2) is 6.37. The molecule has 2 aromatic rings. The molecule has 4 heteroatoms. The van der Waals surface area contributed by atoms with Crippen molar-refractivity contribution in [3.8, 4) is 0 Å². The molecule has 2 rings (SSSR count). The summed E-state index contributed by atoms with van der Waals surface area (Å²) < 4.78 is 4.97. The number of carbonyl (C=O) groups is 2. The van der Waals surface area contributed by atoms with E-state index in [1.807, 2.05) is 18.2 Å². The molecular weight excluding hydrogens is 254 g/mol. The molecule has 0 radical (unpaired) electrons. The van der Waals surface area contributed by atoms with Crippen molar-refractivity contribution < 1.29 is 14.3 Å². The van der Waals surface area contributed by atoms with Crippen molar-refractivity contribution in [2.45, 2.75) is 33.1 Å². The van der Waals surface area contributed by atoms with Crippen LogP contribution in [-0.2, 0) is 11.2 Å². The molecule has 0 saturated heterocycles. The fourth-order valence-corrected chi connectivity index (χ4v) is 2.28. The summed E-state index contributed by atoms with van der Waals surface area (Å²) in [6.07, 6.45) is 3.93. The fraction of sp³-hybridized carbons (Fsp3) is 0.375. The maximum Gasteiger partial charge on any atom is 0.355 e. The summed E-state index contributed by atoms with van der Waals surface area (Å²) >= 11 is 0. The fourth-order valence-electron chi connectivity index (χ4n) is 2.28. The number of fused-ring (bicyclic) bond motifs is 1. The number of ether oxygens (including phenoxy) is 1. The monoisotopic (exact) mass is 273 g/mol. The Hall–Kier alpha value is -2.10. The van der Waals surface area contributed by atoms with Crippen molar-refractivity contribution in [1.82, 2.24) is 4.98 Å². The van der Waals surface area contributed by atoms with Gasteiger partial charge in [-0.1, -0.05) is 19.4 Å². The first kappa shape index (κ1) is 14.3. The first-order chi connectivity index (χ1) is 9.71. The third-order valence-corrected chi connectivity index (χ3v) is 3.32. The predicted molar refractivity (Wildman–Crippen MR) is 78.3 cm³/mol. The maximum atomic E-state index is 11.8. The van der Waals surface area contributed by atoms with Crippen LogP contribution in [0.2, 0.25) is 0 Å². The van der Waals surface area contributed by atoms with Gasteiger partial charge in [0, 0.05) is 10.9 Å². The highest BCUT2D eigenvalue weighted by atomic mass is 16.5. The summed E-state index contributed by atoms with van der Waals surface area (Å²) in [5.74, 6) is -0.485. The number of rotatable bonds is 6. The molecule has 0 atom stereocenters. The quantitative estimate of drug-likeness (QED) is 0.647. The predicted octanol–water partition coefficient (Wildman–Crippen LogP) is 3.50. The molecule has 0 fully saturated rings. The van der Waals surface area contributed by atoms with E-state index < -0.39 is 5.97 Å². The Morgan fingerprint density at radius 1 is 1.35 bits per heavy atom. The topological polar surface area (TPSA) is 59.2 Å². The molecule has 1 aromatic carbocycles. The number of esters is 1. The minimum Gasteiger partial charge on any atom is -0.461 e. The average molecular weight is 273 g/mol. The molecule has 0 bridgehead atoms. The standard InChI is InChI=1S/C16H19NO3/c1-3-5-6-11-7-8-14-12(9-11)13(10-18)15(17-14)16(19)20-4-2/h7-10,17H,3-6H2,1-2H3. The Bertz CT molecular complexity index is 628. The minimum atomic E-state index is -0.485. The molecule has 1 aromatic heterocycles. The van der Waals surface area contributed by atoms with Crippen LogP contribution in [0.25, 0.3) is 10.9 Å². The molecule has 0 aliphatic carbocycles. The smallest absolute Gasteiger partial charge is 0.355 e. The van der Waals surface area contributed by atoms with Gasteiger partial charge in [-0.25, -0.2) is 4.79 Å². The van der Waals surface area contributed by atoms with Gasteiger partial charge in [-0.15, -0.1) is 0 Å². The number of hydrogen-bond acceptors (Lipinski definition) is 3. The summed E-state index contributed by atoms with van der Waals surface area (Å²) in [6.45, 7) is 4.17. The lowest BCUT2D eigenvalue weighted by molar-refractivity contribution is 0.0518. The van der Waals surface area contributed by atoms with Gasteiger partial charge in [0.15, 0.2) is 6.29 Å². The second-order valence-electron chi connectivity index (χ2n) is 4.74. The van der Waals surface area contributed by atoms with E-state index in [4.69, 9.17) is 4.74 Å². The first-order valence-corrected chi connectivity index (χ1v) is 6.98. The molecule has 1 N–H and O–H groups in total. The molecule has 0 aliphatic heterocycles. The van der Waals surface area contributed by atoms with Gasteiger partial charge in [-0.3, -0.25) is 4.79 Å². The molecule has 0 amide bonds. The number of aryl methyl sites for hydroxylation is 1. The van der Waals surface area contributed by atoms with Gasteiger partial charge in [0.05, 0.1) is 12.2 Å². The van der Waals surface area contributed by atoms with Gasteiger partial charge in [0.2, 0.25) is 0 Å². The van der Waals surface area contributed by atoms with E-state index in [-0.39, 0.29) is 12.3 Å². The lowest BCUT2D eigenvalue weighted by Crippen LogP contribution is -2.07. The Morgan fingerprint density at radius 2 is 2.15 bits per heavy atom. The zero-order valence-electron chi connectivity index (χ0n) is 11.9. The van der Waals surface area contributed by atoms with Crippen molar-refractivity contribution in [2.75, 3.05) is 6.61 Å². The van der Waals surface area contributed by atoms with E-state index in [0.717, 1.165) is 30.2 Å². The first-order valence-electron chi connectivity index (χ1n) is 6.98. The molecule has 0 unspecified atom stereocenters. The lowest BCUT2D eigenvalue weighted by atomic mass is 10.0. The van der Waals surface area contributed by atoms with Gasteiger partial charge in [-0.05, 0) is 37.5 Å². The molecule has 0 aliphatic rings. The van der Waals surface area contributed by atoms with Crippen LogP contribution in [-0.4, -0.2) is 23.8 Å². The number of nitrogens with one attached hydrogen (secondary N) is 1. The van der Waals surface area contributed by atoms with Gasteiger partial charge in [-0.2, -0.15) is 0 Å². The van der Waals surface area contributed by atoms with Gasteiger partial charge in [0.25, 0.3) is 0 Å². The molecular formula is C16H19NO3. The Kier molecular flexibility index (Phi) is 4.56. The normalized spacial score (nSPS) is 10.7.